The van der Waals surface area contributed by atoms with Gasteiger partial charge in [0.25, 0.3) is 0 Å². The third-order valence-corrected chi connectivity index (χ3v) is 2.83. The number of rotatable bonds is 1. The Labute approximate surface area is 93.5 Å². The van der Waals surface area contributed by atoms with Gasteiger partial charge in [0.05, 0.1) is 7.11 Å². The second kappa shape index (κ2) is 3.49. The molecular formula is C14H11NO. The summed E-state index contributed by atoms with van der Waals surface area (Å²) in [5, 5.41) is 4.72. The van der Waals surface area contributed by atoms with Crippen LogP contribution in [0.25, 0.3) is 21.5 Å². The molecule has 3 aromatic rings. The summed E-state index contributed by atoms with van der Waals surface area (Å²) in [6, 6.07) is 14.5. The van der Waals surface area contributed by atoms with Gasteiger partial charge in [-0.1, -0.05) is 30.3 Å². The molecule has 0 saturated carbocycles. The number of fused-ring (bicyclic) bond motifs is 3. The molecule has 0 spiro atoms. The van der Waals surface area contributed by atoms with Crippen LogP contribution in [0.3, 0.4) is 0 Å². The Morgan fingerprint density at radius 3 is 2.62 bits per heavy atom. The van der Waals surface area contributed by atoms with Crippen molar-refractivity contribution in [3.05, 3.63) is 48.7 Å². The summed E-state index contributed by atoms with van der Waals surface area (Å²) in [6.07, 6.45) is 1.79. The van der Waals surface area contributed by atoms with Crippen LogP contribution in [0.2, 0.25) is 0 Å². The normalized spacial score (nSPS) is 10.8. The molecule has 0 bridgehead atoms. The van der Waals surface area contributed by atoms with Gasteiger partial charge in [0.15, 0.2) is 0 Å². The van der Waals surface area contributed by atoms with Crippen LogP contribution in [0.15, 0.2) is 48.7 Å². The van der Waals surface area contributed by atoms with Gasteiger partial charge in [-0.2, -0.15) is 0 Å². The third kappa shape index (κ3) is 1.23. The first-order valence-corrected chi connectivity index (χ1v) is 5.20. The summed E-state index contributed by atoms with van der Waals surface area (Å²) in [5.41, 5.74) is 0. The lowest BCUT2D eigenvalue weighted by Crippen LogP contribution is -1.88. The molecule has 2 nitrogen and oxygen atoms in total. The molecule has 1 aromatic heterocycles. The minimum Gasteiger partial charge on any atom is -0.481 e. The van der Waals surface area contributed by atoms with E-state index in [1.807, 2.05) is 12.1 Å². The molecule has 0 fully saturated rings. The van der Waals surface area contributed by atoms with E-state index in [9.17, 15) is 0 Å². The fourth-order valence-corrected chi connectivity index (χ4v) is 2.07. The SMILES string of the molecule is COc1nccc2c1ccc1ccccc12. The van der Waals surface area contributed by atoms with E-state index in [2.05, 4.69) is 35.3 Å². The van der Waals surface area contributed by atoms with Crippen LogP contribution in [-0.2, 0) is 0 Å². The van der Waals surface area contributed by atoms with Crippen molar-refractivity contribution in [2.24, 2.45) is 0 Å². The zero-order valence-electron chi connectivity index (χ0n) is 8.97. The van der Waals surface area contributed by atoms with Crippen molar-refractivity contribution in [2.75, 3.05) is 7.11 Å². The molecule has 0 amide bonds. The molecule has 0 aliphatic carbocycles. The minimum absolute atomic E-state index is 0.684. The highest BCUT2D eigenvalue weighted by Crippen LogP contribution is 2.29. The summed E-state index contributed by atoms with van der Waals surface area (Å²) < 4.78 is 5.27. The fourth-order valence-electron chi connectivity index (χ4n) is 2.07. The maximum atomic E-state index is 5.27. The lowest BCUT2D eigenvalue weighted by atomic mass is 10.0. The van der Waals surface area contributed by atoms with Crippen molar-refractivity contribution in [2.45, 2.75) is 0 Å². The van der Waals surface area contributed by atoms with E-state index in [4.69, 9.17) is 4.74 Å². The fraction of sp³-hybridized carbons (Fsp3) is 0.0714. The van der Waals surface area contributed by atoms with E-state index >= 15 is 0 Å². The van der Waals surface area contributed by atoms with Crippen LogP contribution < -0.4 is 4.74 Å². The number of aromatic nitrogens is 1. The van der Waals surface area contributed by atoms with E-state index < -0.39 is 0 Å². The number of hydrogen-bond acceptors (Lipinski definition) is 2. The first kappa shape index (κ1) is 9.16. The largest absolute Gasteiger partial charge is 0.481 e. The predicted octanol–water partition coefficient (Wildman–Crippen LogP) is 3.40. The van der Waals surface area contributed by atoms with Crippen LogP contribution in [0, 0.1) is 0 Å². The molecule has 3 rings (SSSR count). The van der Waals surface area contributed by atoms with Gasteiger partial charge in [-0.05, 0) is 28.3 Å². The summed E-state index contributed by atoms with van der Waals surface area (Å²) in [5.74, 6) is 0.684. The average molecular weight is 209 g/mol. The topological polar surface area (TPSA) is 22.1 Å². The van der Waals surface area contributed by atoms with Gasteiger partial charge in [-0.25, -0.2) is 4.98 Å². The predicted molar refractivity (Wildman–Crippen MR) is 65.8 cm³/mol. The first-order valence-electron chi connectivity index (χ1n) is 5.20. The Kier molecular flexibility index (Phi) is 2.00. The molecule has 1 heterocycles. The van der Waals surface area contributed by atoms with E-state index in [1.165, 1.54) is 16.2 Å². The third-order valence-electron chi connectivity index (χ3n) is 2.83. The zero-order chi connectivity index (χ0) is 11.0. The van der Waals surface area contributed by atoms with E-state index in [0.717, 1.165) is 5.39 Å². The van der Waals surface area contributed by atoms with Crippen molar-refractivity contribution >= 4 is 21.5 Å². The molecule has 0 aliphatic rings. The number of benzene rings is 2. The van der Waals surface area contributed by atoms with Crippen molar-refractivity contribution in [1.29, 1.82) is 0 Å². The number of nitrogens with zero attached hydrogens (tertiary/aromatic N) is 1. The first-order chi connectivity index (χ1) is 7.90. The van der Waals surface area contributed by atoms with Crippen LogP contribution in [0.1, 0.15) is 0 Å². The number of ether oxygens (including phenoxy) is 1. The van der Waals surface area contributed by atoms with Crippen LogP contribution in [0.4, 0.5) is 0 Å². The quantitative estimate of drug-likeness (QED) is 0.573. The smallest absolute Gasteiger partial charge is 0.221 e. The molecule has 78 valence electrons. The van der Waals surface area contributed by atoms with E-state index in [0.29, 0.717) is 5.88 Å². The molecule has 2 heteroatoms. The Morgan fingerprint density at radius 1 is 0.875 bits per heavy atom. The van der Waals surface area contributed by atoms with Crippen molar-refractivity contribution in [3.63, 3.8) is 0 Å². The van der Waals surface area contributed by atoms with Crippen LogP contribution in [-0.4, -0.2) is 12.1 Å². The maximum absolute atomic E-state index is 5.27. The van der Waals surface area contributed by atoms with Crippen LogP contribution in [0.5, 0.6) is 5.88 Å². The van der Waals surface area contributed by atoms with Gasteiger partial charge in [0.2, 0.25) is 5.88 Å². The molecular weight excluding hydrogens is 198 g/mol. The van der Waals surface area contributed by atoms with Gasteiger partial charge >= 0.3 is 0 Å². The molecule has 0 N–H and O–H groups in total. The van der Waals surface area contributed by atoms with Gasteiger partial charge in [0.1, 0.15) is 0 Å². The van der Waals surface area contributed by atoms with Crippen molar-refractivity contribution in [3.8, 4) is 5.88 Å². The lowest BCUT2D eigenvalue weighted by molar-refractivity contribution is 0.403. The molecule has 16 heavy (non-hydrogen) atoms. The van der Waals surface area contributed by atoms with E-state index in [1.54, 1.807) is 13.3 Å². The Hall–Kier alpha value is -2.09. The summed E-state index contributed by atoms with van der Waals surface area (Å²) in [6.45, 7) is 0. The zero-order valence-corrected chi connectivity index (χ0v) is 8.97. The number of methoxy groups -OCH3 is 1. The Morgan fingerprint density at radius 2 is 1.75 bits per heavy atom. The second-order valence-corrected chi connectivity index (χ2v) is 3.70. The maximum Gasteiger partial charge on any atom is 0.221 e. The Bertz CT molecular complexity index is 661. The van der Waals surface area contributed by atoms with Gasteiger partial charge < -0.3 is 4.74 Å². The van der Waals surface area contributed by atoms with Crippen molar-refractivity contribution < 1.29 is 4.74 Å². The van der Waals surface area contributed by atoms with Gasteiger partial charge in [-0.3, -0.25) is 0 Å². The van der Waals surface area contributed by atoms with Gasteiger partial charge in [-0.15, -0.1) is 0 Å². The minimum atomic E-state index is 0.684. The van der Waals surface area contributed by atoms with Crippen molar-refractivity contribution in [1.82, 2.24) is 4.98 Å². The number of pyridine rings is 1. The highest BCUT2D eigenvalue weighted by Gasteiger charge is 2.04. The molecule has 0 aliphatic heterocycles. The molecule has 0 saturated heterocycles. The standard InChI is InChI=1S/C14H11NO/c1-16-14-13-7-6-10-4-2-3-5-11(10)12(13)8-9-15-14/h2-9H,1H3. The second-order valence-electron chi connectivity index (χ2n) is 3.70. The summed E-state index contributed by atoms with van der Waals surface area (Å²) in [7, 11) is 1.65. The lowest BCUT2D eigenvalue weighted by Gasteiger charge is -2.06. The summed E-state index contributed by atoms with van der Waals surface area (Å²) in [4.78, 5) is 4.21. The average Bonchev–Trinajstić information content (AvgIpc) is 2.37. The monoisotopic (exact) mass is 209 g/mol. The molecule has 0 atom stereocenters. The molecule has 0 radical (unpaired) electrons. The molecule has 2 aromatic carbocycles. The molecule has 0 unspecified atom stereocenters. The van der Waals surface area contributed by atoms with E-state index in [-0.39, 0.29) is 0 Å². The summed E-state index contributed by atoms with van der Waals surface area (Å²) >= 11 is 0. The number of hydrogen-bond donors (Lipinski definition) is 0. The highest BCUT2D eigenvalue weighted by atomic mass is 16.5. The van der Waals surface area contributed by atoms with Gasteiger partial charge in [0, 0.05) is 11.6 Å². The Balaban J connectivity index is 2.52. The highest BCUT2D eigenvalue weighted by molar-refractivity contribution is 6.08. The van der Waals surface area contributed by atoms with Crippen LogP contribution >= 0.6 is 0 Å².